The Morgan fingerprint density at radius 3 is 2.67 bits per heavy atom. The SMILES string of the molecule is CCOC(=O)c1ccc(NC2CC(C)N(C3CC3)C2)cc1. The number of carbonyl (C=O) groups is 1. The van der Waals surface area contributed by atoms with Gasteiger partial charge in [0.15, 0.2) is 0 Å². The number of benzene rings is 1. The average molecular weight is 288 g/mol. The summed E-state index contributed by atoms with van der Waals surface area (Å²) in [5.74, 6) is -0.251. The zero-order valence-electron chi connectivity index (χ0n) is 12.8. The zero-order chi connectivity index (χ0) is 14.8. The number of rotatable bonds is 5. The highest BCUT2D eigenvalue weighted by atomic mass is 16.5. The molecular formula is C17H24N2O2. The predicted octanol–water partition coefficient (Wildman–Crippen LogP) is 2.90. The summed E-state index contributed by atoms with van der Waals surface area (Å²) in [6, 6.07) is 9.61. The van der Waals surface area contributed by atoms with Gasteiger partial charge in [-0.15, -0.1) is 0 Å². The van der Waals surface area contributed by atoms with Gasteiger partial charge in [0.2, 0.25) is 0 Å². The maximum Gasteiger partial charge on any atom is 0.338 e. The van der Waals surface area contributed by atoms with E-state index in [2.05, 4.69) is 17.1 Å². The van der Waals surface area contributed by atoms with Gasteiger partial charge in [0.25, 0.3) is 0 Å². The molecule has 0 bridgehead atoms. The first kappa shape index (κ1) is 14.4. The Hall–Kier alpha value is -1.55. The molecular weight excluding hydrogens is 264 g/mol. The van der Waals surface area contributed by atoms with Gasteiger partial charge < -0.3 is 10.1 Å². The third kappa shape index (κ3) is 3.38. The Labute approximate surface area is 126 Å². The van der Waals surface area contributed by atoms with E-state index in [1.807, 2.05) is 31.2 Å². The second-order valence-corrected chi connectivity index (χ2v) is 6.15. The normalized spacial score (nSPS) is 25.8. The molecule has 4 nitrogen and oxygen atoms in total. The fraction of sp³-hybridized carbons (Fsp3) is 0.588. The summed E-state index contributed by atoms with van der Waals surface area (Å²) in [7, 11) is 0. The van der Waals surface area contributed by atoms with Gasteiger partial charge in [0.1, 0.15) is 0 Å². The van der Waals surface area contributed by atoms with Crippen LogP contribution >= 0.6 is 0 Å². The van der Waals surface area contributed by atoms with E-state index in [-0.39, 0.29) is 5.97 Å². The van der Waals surface area contributed by atoms with Gasteiger partial charge in [-0.1, -0.05) is 0 Å². The number of likely N-dealkylation sites (tertiary alicyclic amines) is 1. The lowest BCUT2D eigenvalue weighted by molar-refractivity contribution is 0.0526. The van der Waals surface area contributed by atoms with E-state index in [9.17, 15) is 4.79 Å². The molecule has 1 saturated heterocycles. The quantitative estimate of drug-likeness (QED) is 0.846. The summed E-state index contributed by atoms with van der Waals surface area (Å²) < 4.78 is 5.00. The number of anilines is 1. The van der Waals surface area contributed by atoms with Crippen LogP contribution in [0.15, 0.2) is 24.3 Å². The molecule has 114 valence electrons. The summed E-state index contributed by atoms with van der Waals surface area (Å²) in [4.78, 5) is 14.2. The molecule has 1 aromatic rings. The van der Waals surface area contributed by atoms with Crippen LogP contribution in [0.5, 0.6) is 0 Å². The molecule has 1 aromatic carbocycles. The van der Waals surface area contributed by atoms with Crippen molar-refractivity contribution in [2.45, 2.75) is 51.2 Å². The Kier molecular flexibility index (Phi) is 4.15. The van der Waals surface area contributed by atoms with Crippen LogP contribution in [0.25, 0.3) is 0 Å². The lowest BCUT2D eigenvalue weighted by Crippen LogP contribution is -2.31. The van der Waals surface area contributed by atoms with Crippen molar-refractivity contribution >= 4 is 11.7 Å². The number of esters is 1. The van der Waals surface area contributed by atoms with Crippen molar-refractivity contribution in [1.82, 2.24) is 4.90 Å². The Bertz CT molecular complexity index is 496. The highest BCUT2D eigenvalue weighted by Crippen LogP contribution is 2.34. The molecule has 2 atom stereocenters. The van der Waals surface area contributed by atoms with Gasteiger partial charge in [-0.3, -0.25) is 4.90 Å². The summed E-state index contributed by atoms with van der Waals surface area (Å²) in [6.45, 7) is 5.69. The molecule has 2 aliphatic rings. The minimum absolute atomic E-state index is 0.251. The van der Waals surface area contributed by atoms with E-state index in [1.54, 1.807) is 0 Å². The molecule has 2 unspecified atom stereocenters. The lowest BCUT2D eigenvalue weighted by atomic mass is 10.1. The smallest absolute Gasteiger partial charge is 0.338 e. The highest BCUT2D eigenvalue weighted by molar-refractivity contribution is 5.89. The van der Waals surface area contributed by atoms with Crippen molar-refractivity contribution in [1.29, 1.82) is 0 Å². The molecule has 2 fully saturated rings. The first-order valence-corrected chi connectivity index (χ1v) is 7.97. The zero-order valence-corrected chi connectivity index (χ0v) is 12.8. The van der Waals surface area contributed by atoms with E-state index in [0.717, 1.165) is 18.3 Å². The molecule has 1 aliphatic heterocycles. The Balaban J connectivity index is 1.57. The largest absolute Gasteiger partial charge is 0.462 e. The molecule has 21 heavy (non-hydrogen) atoms. The van der Waals surface area contributed by atoms with Gasteiger partial charge in [-0.25, -0.2) is 4.79 Å². The van der Waals surface area contributed by atoms with Crippen LogP contribution in [0, 0.1) is 0 Å². The summed E-state index contributed by atoms with van der Waals surface area (Å²) in [5.41, 5.74) is 1.69. The van der Waals surface area contributed by atoms with Crippen LogP contribution in [-0.4, -0.2) is 42.1 Å². The van der Waals surface area contributed by atoms with Gasteiger partial charge >= 0.3 is 5.97 Å². The molecule has 1 saturated carbocycles. The number of hydrogen-bond donors (Lipinski definition) is 1. The van der Waals surface area contributed by atoms with E-state index >= 15 is 0 Å². The van der Waals surface area contributed by atoms with Crippen LogP contribution in [0.3, 0.4) is 0 Å². The topological polar surface area (TPSA) is 41.6 Å². The van der Waals surface area contributed by atoms with Crippen molar-refractivity contribution in [3.8, 4) is 0 Å². The van der Waals surface area contributed by atoms with E-state index in [1.165, 1.54) is 19.3 Å². The van der Waals surface area contributed by atoms with Gasteiger partial charge in [-0.05, 0) is 57.4 Å². The number of nitrogens with one attached hydrogen (secondary N) is 1. The third-order valence-corrected chi connectivity index (χ3v) is 4.41. The maximum absolute atomic E-state index is 11.6. The van der Waals surface area contributed by atoms with Crippen LogP contribution in [-0.2, 0) is 4.74 Å². The van der Waals surface area contributed by atoms with Crippen LogP contribution in [0.2, 0.25) is 0 Å². The average Bonchev–Trinajstić information content (AvgIpc) is 3.24. The molecule has 0 spiro atoms. The first-order valence-electron chi connectivity index (χ1n) is 7.97. The fourth-order valence-electron chi connectivity index (χ4n) is 3.23. The number of carbonyl (C=O) groups excluding carboxylic acids is 1. The summed E-state index contributed by atoms with van der Waals surface area (Å²) in [6.07, 6.45) is 3.92. The van der Waals surface area contributed by atoms with Crippen molar-refractivity contribution in [3.63, 3.8) is 0 Å². The highest BCUT2D eigenvalue weighted by Gasteiger charge is 2.38. The first-order chi connectivity index (χ1) is 10.2. The molecule has 0 radical (unpaired) electrons. The molecule has 0 aromatic heterocycles. The Morgan fingerprint density at radius 1 is 1.33 bits per heavy atom. The standard InChI is InChI=1S/C17H24N2O2/c1-3-21-17(20)13-4-6-14(7-5-13)18-15-10-12(2)19(11-15)16-8-9-16/h4-7,12,15-16,18H,3,8-11H2,1-2H3. The van der Waals surface area contributed by atoms with Crippen molar-refractivity contribution in [3.05, 3.63) is 29.8 Å². The number of hydrogen-bond acceptors (Lipinski definition) is 4. The minimum Gasteiger partial charge on any atom is -0.462 e. The minimum atomic E-state index is -0.251. The van der Waals surface area contributed by atoms with Crippen molar-refractivity contribution in [2.75, 3.05) is 18.5 Å². The van der Waals surface area contributed by atoms with Crippen LogP contribution in [0.1, 0.15) is 43.5 Å². The molecule has 1 N–H and O–H groups in total. The van der Waals surface area contributed by atoms with Gasteiger partial charge in [0, 0.05) is 30.4 Å². The molecule has 1 heterocycles. The molecule has 4 heteroatoms. The fourth-order valence-corrected chi connectivity index (χ4v) is 3.23. The monoisotopic (exact) mass is 288 g/mol. The Morgan fingerprint density at radius 2 is 2.05 bits per heavy atom. The predicted molar refractivity (Wildman–Crippen MR) is 83.6 cm³/mol. The molecule has 1 aliphatic carbocycles. The van der Waals surface area contributed by atoms with Crippen LogP contribution in [0.4, 0.5) is 5.69 Å². The van der Waals surface area contributed by atoms with E-state index in [0.29, 0.717) is 24.3 Å². The third-order valence-electron chi connectivity index (χ3n) is 4.41. The second kappa shape index (κ2) is 6.06. The van der Waals surface area contributed by atoms with Crippen molar-refractivity contribution in [2.24, 2.45) is 0 Å². The lowest BCUT2D eigenvalue weighted by Gasteiger charge is -2.20. The van der Waals surface area contributed by atoms with E-state index in [4.69, 9.17) is 4.74 Å². The molecule has 3 rings (SSSR count). The number of ether oxygens (including phenoxy) is 1. The van der Waals surface area contributed by atoms with Crippen molar-refractivity contribution < 1.29 is 9.53 Å². The molecule has 0 amide bonds. The van der Waals surface area contributed by atoms with Crippen LogP contribution < -0.4 is 5.32 Å². The maximum atomic E-state index is 11.6. The number of nitrogens with zero attached hydrogens (tertiary/aromatic N) is 1. The van der Waals surface area contributed by atoms with Gasteiger partial charge in [-0.2, -0.15) is 0 Å². The summed E-state index contributed by atoms with van der Waals surface area (Å²) >= 11 is 0. The van der Waals surface area contributed by atoms with Gasteiger partial charge in [0.05, 0.1) is 12.2 Å². The second-order valence-electron chi connectivity index (χ2n) is 6.15. The summed E-state index contributed by atoms with van der Waals surface area (Å²) in [5, 5.41) is 3.59. The van der Waals surface area contributed by atoms with E-state index < -0.39 is 0 Å².